The number of fused-ring (bicyclic) bond motifs is 1. The van der Waals surface area contributed by atoms with E-state index in [2.05, 4.69) is 18.8 Å². The molecule has 49 heavy (non-hydrogen) atoms. The minimum Gasteiger partial charge on any atom is -0.445 e. The minimum absolute atomic E-state index is 0.0966. The molecule has 7 rings (SSSR count). The van der Waals surface area contributed by atoms with Gasteiger partial charge in [0.1, 0.15) is 18.2 Å². The van der Waals surface area contributed by atoms with E-state index in [9.17, 15) is 26.4 Å². The molecule has 3 aromatic carbocycles. The molecule has 3 aliphatic rings. The standard InChI is InChI=1S/C37H38F3N3O5S/c1-35(2)20-31(43(23-35)34(44)47-22-24-8-4-3-5-9-24)33-41-21-30(42-33)26-12-10-25(11-13-26)27-14-15-32(48-49(45,46)37(38,39)40)29-19-36(18-28(27)29)16-6-7-17-36/h3-5,8-15,21,31H,6-7,16-20,22-23H2,1-2H3,(H,41,42)/t31-/m0/s1. The van der Waals surface area contributed by atoms with Crippen LogP contribution >= 0.6 is 0 Å². The summed E-state index contributed by atoms with van der Waals surface area (Å²) in [6.07, 6.45) is 7.24. The highest BCUT2D eigenvalue weighted by Crippen LogP contribution is 2.53. The molecule has 0 unspecified atom stereocenters. The molecular formula is C37H38F3N3O5S. The number of imidazole rings is 1. The third kappa shape index (κ3) is 6.54. The van der Waals surface area contributed by atoms with Gasteiger partial charge in [-0.15, -0.1) is 0 Å². The van der Waals surface area contributed by atoms with Crippen molar-refractivity contribution in [3.63, 3.8) is 0 Å². The zero-order valence-electron chi connectivity index (χ0n) is 27.3. The third-order valence-corrected chi connectivity index (χ3v) is 11.2. The van der Waals surface area contributed by atoms with E-state index in [4.69, 9.17) is 13.9 Å². The number of ether oxygens (including phenoxy) is 1. The zero-order valence-corrected chi connectivity index (χ0v) is 28.2. The van der Waals surface area contributed by atoms with Crippen LogP contribution in [0.3, 0.4) is 0 Å². The maximum atomic E-state index is 13.2. The molecule has 2 fully saturated rings. The van der Waals surface area contributed by atoms with Crippen molar-refractivity contribution in [1.82, 2.24) is 14.9 Å². The average Bonchev–Trinajstić information content (AvgIpc) is 3.86. The summed E-state index contributed by atoms with van der Waals surface area (Å²) in [4.78, 5) is 23.1. The summed E-state index contributed by atoms with van der Waals surface area (Å²) in [6, 6.07) is 20.0. The van der Waals surface area contributed by atoms with Crippen LogP contribution in [0.1, 0.15) is 74.5 Å². The smallest absolute Gasteiger partial charge is 0.445 e. The van der Waals surface area contributed by atoms with Gasteiger partial charge < -0.3 is 13.9 Å². The summed E-state index contributed by atoms with van der Waals surface area (Å²) < 4.78 is 73.9. The number of aromatic nitrogens is 2. The normalized spacial score (nSPS) is 19.7. The molecule has 0 bridgehead atoms. The number of likely N-dealkylation sites (tertiary alicyclic amines) is 1. The van der Waals surface area contributed by atoms with Crippen LogP contribution < -0.4 is 4.18 Å². The Morgan fingerprint density at radius 3 is 2.33 bits per heavy atom. The highest BCUT2D eigenvalue weighted by atomic mass is 32.2. The Hall–Kier alpha value is -4.32. The molecule has 1 saturated carbocycles. The molecule has 1 N–H and O–H groups in total. The molecule has 2 heterocycles. The van der Waals surface area contributed by atoms with Gasteiger partial charge in [0.25, 0.3) is 0 Å². The second kappa shape index (κ2) is 12.2. The number of halogens is 3. The Labute approximate surface area is 283 Å². The van der Waals surface area contributed by atoms with Crippen LogP contribution in [0, 0.1) is 10.8 Å². The van der Waals surface area contributed by atoms with Gasteiger partial charge in [0.2, 0.25) is 0 Å². The fourth-order valence-electron chi connectivity index (χ4n) is 7.86. The Bertz CT molecular complexity index is 1970. The first-order valence-corrected chi connectivity index (χ1v) is 17.9. The molecular weight excluding hydrogens is 655 g/mol. The first-order valence-electron chi connectivity index (χ1n) is 16.5. The van der Waals surface area contributed by atoms with Gasteiger partial charge in [0.15, 0.2) is 0 Å². The van der Waals surface area contributed by atoms with Crippen molar-refractivity contribution in [1.29, 1.82) is 0 Å². The van der Waals surface area contributed by atoms with E-state index in [-0.39, 0.29) is 35.3 Å². The summed E-state index contributed by atoms with van der Waals surface area (Å²) in [7, 11) is -5.79. The monoisotopic (exact) mass is 693 g/mol. The summed E-state index contributed by atoms with van der Waals surface area (Å²) >= 11 is 0. The number of nitrogens with zero attached hydrogens (tertiary/aromatic N) is 2. The molecule has 0 radical (unpaired) electrons. The van der Waals surface area contributed by atoms with Gasteiger partial charge in [-0.05, 0) is 71.3 Å². The molecule has 1 atom stereocenters. The van der Waals surface area contributed by atoms with Gasteiger partial charge >= 0.3 is 21.7 Å². The number of alkyl halides is 3. The SMILES string of the molecule is CC1(C)C[C@@H](c2nc(-c3ccc(-c4ccc(OS(=O)(=O)C(F)(F)F)c5c4CC4(CCCC4)C5)cc3)c[nH]2)N(C(=O)OCc2ccccc2)C1. The number of carbonyl (C=O) groups excluding carboxylic acids is 1. The van der Waals surface area contributed by atoms with Gasteiger partial charge in [-0.25, -0.2) is 9.78 Å². The average molecular weight is 694 g/mol. The van der Waals surface area contributed by atoms with Gasteiger partial charge in [-0.1, -0.05) is 87.4 Å². The number of aromatic amines is 1. The van der Waals surface area contributed by atoms with Crippen molar-refractivity contribution >= 4 is 16.2 Å². The number of hydrogen-bond acceptors (Lipinski definition) is 6. The van der Waals surface area contributed by atoms with Crippen LogP contribution in [0.2, 0.25) is 0 Å². The van der Waals surface area contributed by atoms with Crippen molar-refractivity contribution < 1.29 is 35.3 Å². The summed E-state index contributed by atoms with van der Waals surface area (Å²) in [5.74, 6) is 0.430. The lowest BCUT2D eigenvalue weighted by atomic mass is 9.83. The molecule has 12 heteroatoms. The van der Waals surface area contributed by atoms with E-state index in [0.717, 1.165) is 59.9 Å². The van der Waals surface area contributed by atoms with Crippen LogP contribution in [-0.4, -0.2) is 41.4 Å². The number of amides is 1. The van der Waals surface area contributed by atoms with Gasteiger partial charge in [-0.3, -0.25) is 4.90 Å². The molecule has 4 aromatic rings. The first kappa shape index (κ1) is 33.2. The fourth-order valence-corrected chi connectivity index (χ4v) is 8.34. The van der Waals surface area contributed by atoms with E-state index < -0.39 is 15.6 Å². The lowest BCUT2D eigenvalue weighted by molar-refractivity contribution is -0.0500. The lowest BCUT2D eigenvalue weighted by Crippen LogP contribution is -2.33. The van der Waals surface area contributed by atoms with Gasteiger partial charge in [0, 0.05) is 23.9 Å². The summed E-state index contributed by atoms with van der Waals surface area (Å²) in [6.45, 7) is 4.96. The fraction of sp³-hybridized carbons (Fsp3) is 0.405. The molecule has 1 spiro atoms. The lowest BCUT2D eigenvalue weighted by Gasteiger charge is -2.23. The molecule has 8 nitrogen and oxygen atoms in total. The second-order valence-corrected chi connectivity index (χ2v) is 16.0. The zero-order chi connectivity index (χ0) is 34.6. The molecule has 1 aromatic heterocycles. The van der Waals surface area contributed by atoms with E-state index in [1.54, 1.807) is 11.0 Å². The summed E-state index contributed by atoms with van der Waals surface area (Å²) in [5.41, 5.74) is -0.168. The van der Waals surface area contributed by atoms with Crippen molar-refractivity contribution in [3.8, 4) is 28.1 Å². The highest BCUT2D eigenvalue weighted by Gasteiger charge is 2.50. The number of carbonyl (C=O) groups is 1. The number of benzene rings is 3. The van der Waals surface area contributed by atoms with Crippen molar-refractivity contribution in [2.24, 2.45) is 10.8 Å². The first-order chi connectivity index (χ1) is 23.2. The molecule has 258 valence electrons. The maximum Gasteiger partial charge on any atom is 0.534 e. The molecule has 1 aliphatic heterocycles. The van der Waals surface area contributed by atoms with E-state index in [1.165, 1.54) is 6.07 Å². The van der Waals surface area contributed by atoms with Crippen LogP contribution in [0.4, 0.5) is 18.0 Å². The molecule has 2 aliphatic carbocycles. The van der Waals surface area contributed by atoms with Crippen LogP contribution in [0.25, 0.3) is 22.4 Å². The Morgan fingerprint density at radius 1 is 0.959 bits per heavy atom. The highest BCUT2D eigenvalue weighted by molar-refractivity contribution is 7.88. The van der Waals surface area contributed by atoms with Crippen LogP contribution in [-0.2, 0) is 34.3 Å². The number of nitrogens with one attached hydrogen (secondary N) is 1. The van der Waals surface area contributed by atoms with E-state index in [0.29, 0.717) is 36.5 Å². The Kier molecular flexibility index (Phi) is 8.28. The predicted molar refractivity (Wildman–Crippen MR) is 178 cm³/mol. The third-order valence-electron chi connectivity index (χ3n) is 10.2. The minimum atomic E-state index is -5.79. The van der Waals surface area contributed by atoms with Crippen molar-refractivity contribution in [2.45, 2.75) is 77.0 Å². The number of rotatable bonds is 7. The second-order valence-electron chi connectivity index (χ2n) is 14.4. The van der Waals surface area contributed by atoms with Gasteiger partial charge in [0.05, 0.1) is 11.7 Å². The van der Waals surface area contributed by atoms with E-state index in [1.807, 2.05) is 60.8 Å². The van der Waals surface area contributed by atoms with Crippen LogP contribution in [0.15, 0.2) is 72.9 Å². The predicted octanol–water partition coefficient (Wildman–Crippen LogP) is 8.74. The van der Waals surface area contributed by atoms with Crippen molar-refractivity contribution in [2.75, 3.05) is 6.54 Å². The van der Waals surface area contributed by atoms with Crippen LogP contribution in [0.5, 0.6) is 5.75 Å². The maximum absolute atomic E-state index is 13.2. The summed E-state index contributed by atoms with van der Waals surface area (Å²) in [5, 5.41) is 0. The van der Waals surface area contributed by atoms with E-state index >= 15 is 0 Å². The molecule has 1 amide bonds. The van der Waals surface area contributed by atoms with Crippen molar-refractivity contribution in [3.05, 3.63) is 95.4 Å². The number of H-pyrrole nitrogens is 1. The number of hydrogen-bond donors (Lipinski definition) is 1. The quantitative estimate of drug-likeness (QED) is 0.154. The largest absolute Gasteiger partial charge is 0.534 e. The van der Waals surface area contributed by atoms with Gasteiger partial charge in [-0.2, -0.15) is 21.6 Å². The Morgan fingerprint density at radius 2 is 1.63 bits per heavy atom. The topological polar surface area (TPSA) is 102 Å². The molecule has 1 saturated heterocycles. The Balaban J connectivity index is 1.12.